The van der Waals surface area contributed by atoms with Crippen LogP contribution in [0.4, 0.5) is 5.69 Å². The zero-order valence-electron chi connectivity index (χ0n) is 12.7. The Bertz CT molecular complexity index is 614. The summed E-state index contributed by atoms with van der Waals surface area (Å²) in [5.41, 5.74) is 3.15. The van der Waals surface area contributed by atoms with Gasteiger partial charge in [-0.3, -0.25) is 0 Å². The number of nitrogens with zero attached hydrogens (tertiary/aromatic N) is 1. The molecule has 2 aromatic carbocycles. The predicted molar refractivity (Wildman–Crippen MR) is 87.5 cm³/mol. The van der Waals surface area contributed by atoms with Crippen molar-refractivity contribution in [3.8, 4) is 0 Å². The van der Waals surface area contributed by atoms with E-state index >= 15 is 0 Å². The Kier molecular flexibility index (Phi) is 3.43. The number of fused-ring (bicyclic) bond motifs is 1. The molecule has 3 rings (SSSR count). The van der Waals surface area contributed by atoms with Gasteiger partial charge in [-0.25, -0.2) is 0 Å². The smallest absolute Gasteiger partial charge is 0.0370 e. The van der Waals surface area contributed by atoms with E-state index in [9.17, 15) is 0 Å². The zero-order valence-corrected chi connectivity index (χ0v) is 12.7. The van der Waals surface area contributed by atoms with Crippen molar-refractivity contribution < 1.29 is 0 Å². The summed E-state index contributed by atoms with van der Waals surface area (Å²) < 4.78 is 0. The fourth-order valence-electron chi connectivity index (χ4n) is 3.13. The lowest BCUT2D eigenvalue weighted by Gasteiger charge is -2.26. The van der Waals surface area contributed by atoms with Gasteiger partial charge in [-0.1, -0.05) is 29.8 Å². The van der Waals surface area contributed by atoms with E-state index in [1.54, 1.807) is 0 Å². The molecule has 2 nitrogen and oxygen atoms in total. The van der Waals surface area contributed by atoms with E-state index in [0.717, 1.165) is 13.1 Å². The Balaban J connectivity index is 1.81. The van der Waals surface area contributed by atoms with Gasteiger partial charge < -0.3 is 10.2 Å². The molecule has 2 aromatic rings. The van der Waals surface area contributed by atoms with Crippen LogP contribution >= 0.6 is 0 Å². The maximum Gasteiger partial charge on any atom is 0.0370 e. The molecule has 0 spiro atoms. The number of hydrogen-bond donors (Lipinski definition) is 1. The highest BCUT2D eigenvalue weighted by molar-refractivity contribution is 5.86. The van der Waals surface area contributed by atoms with Crippen LogP contribution in [0.25, 0.3) is 10.8 Å². The van der Waals surface area contributed by atoms with Crippen LogP contribution in [-0.4, -0.2) is 27.2 Å². The van der Waals surface area contributed by atoms with E-state index in [4.69, 9.17) is 0 Å². The van der Waals surface area contributed by atoms with Gasteiger partial charge in [-0.15, -0.1) is 0 Å². The Labute approximate surface area is 121 Å². The Morgan fingerprint density at radius 2 is 1.80 bits per heavy atom. The molecular formula is C18H24N2. The van der Waals surface area contributed by atoms with E-state index in [2.05, 4.69) is 67.6 Å². The fraction of sp³-hybridized carbons (Fsp3) is 0.444. The topological polar surface area (TPSA) is 15.3 Å². The molecule has 2 heteroatoms. The van der Waals surface area contributed by atoms with Gasteiger partial charge >= 0.3 is 0 Å². The lowest BCUT2D eigenvalue weighted by molar-refractivity contribution is 0.482. The quantitative estimate of drug-likeness (QED) is 0.891. The molecule has 1 aliphatic carbocycles. The van der Waals surface area contributed by atoms with E-state index < -0.39 is 0 Å². The van der Waals surface area contributed by atoms with Crippen molar-refractivity contribution in [2.24, 2.45) is 5.41 Å². The molecule has 1 N–H and O–H groups in total. The van der Waals surface area contributed by atoms with Crippen LogP contribution in [-0.2, 0) is 0 Å². The van der Waals surface area contributed by atoms with E-state index in [-0.39, 0.29) is 0 Å². The number of anilines is 1. The Hall–Kier alpha value is -1.54. The number of nitrogens with one attached hydrogen (secondary N) is 1. The molecule has 1 saturated carbocycles. The number of benzene rings is 2. The van der Waals surface area contributed by atoms with Crippen LogP contribution in [0.3, 0.4) is 0 Å². The maximum absolute atomic E-state index is 3.34. The van der Waals surface area contributed by atoms with Crippen LogP contribution in [0.5, 0.6) is 0 Å². The fourth-order valence-corrected chi connectivity index (χ4v) is 3.13. The van der Waals surface area contributed by atoms with Crippen LogP contribution in [0.1, 0.15) is 18.4 Å². The van der Waals surface area contributed by atoms with Crippen LogP contribution in [0.2, 0.25) is 0 Å². The molecule has 0 aliphatic heterocycles. The average molecular weight is 268 g/mol. The first-order valence-corrected chi connectivity index (χ1v) is 7.48. The minimum Gasteiger partial charge on any atom is -0.374 e. The first kappa shape index (κ1) is 13.4. The molecule has 0 unspecified atom stereocenters. The molecule has 0 aromatic heterocycles. The summed E-state index contributed by atoms with van der Waals surface area (Å²) in [4.78, 5) is 2.41. The van der Waals surface area contributed by atoms with Crippen molar-refractivity contribution in [2.75, 3.05) is 32.1 Å². The monoisotopic (exact) mass is 268 g/mol. The molecule has 0 saturated heterocycles. The van der Waals surface area contributed by atoms with Gasteiger partial charge in [-0.05, 0) is 49.7 Å². The molecular weight excluding hydrogens is 244 g/mol. The molecule has 0 radical (unpaired) electrons. The lowest BCUT2D eigenvalue weighted by Crippen LogP contribution is -2.32. The number of rotatable bonds is 5. The Morgan fingerprint density at radius 3 is 2.50 bits per heavy atom. The summed E-state index contributed by atoms with van der Waals surface area (Å²) in [6, 6.07) is 13.5. The largest absolute Gasteiger partial charge is 0.374 e. The summed E-state index contributed by atoms with van der Waals surface area (Å²) >= 11 is 0. The van der Waals surface area contributed by atoms with E-state index in [1.165, 1.54) is 34.9 Å². The summed E-state index contributed by atoms with van der Waals surface area (Å²) in [6.45, 7) is 4.42. The lowest BCUT2D eigenvalue weighted by atomic mass is 10.0. The molecule has 1 aliphatic rings. The molecule has 0 bridgehead atoms. The van der Waals surface area contributed by atoms with Gasteiger partial charge in [0.1, 0.15) is 0 Å². The second-order valence-corrected chi connectivity index (χ2v) is 6.42. The molecule has 1 fully saturated rings. The van der Waals surface area contributed by atoms with Crippen molar-refractivity contribution in [3.05, 3.63) is 42.0 Å². The summed E-state index contributed by atoms with van der Waals surface area (Å²) in [5, 5.41) is 6.00. The van der Waals surface area contributed by atoms with Crippen molar-refractivity contribution in [3.63, 3.8) is 0 Å². The Morgan fingerprint density at radius 1 is 1.10 bits per heavy atom. The standard InChI is InChI=1S/C18H24N2/c1-14-4-5-16-11-17(7-6-15(16)10-14)20(3)13-18(8-9-18)12-19-2/h4-7,10-11,19H,8-9,12-13H2,1-3H3. The van der Waals surface area contributed by atoms with Crippen molar-refractivity contribution >= 4 is 16.5 Å². The second-order valence-electron chi connectivity index (χ2n) is 6.42. The van der Waals surface area contributed by atoms with Crippen LogP contribution in [0.15, 0.2) is 36.4 Å². The number of aryl methyl sites for hydroxylation is 1. The van der Waals surface area contributed by atoms with E-state index in [0.29, 0.717) is 5.41 Å². The summed E-state index contributed by atoms with van der Waals surface area (Å²) in [5.74, 6) is 0. The third-order valence-corrected chi connectivity index (χ3v) is 4.50. The van der Waals surface area contributed by atoms with Gasteiger partial charge in [0.2, 0.25) is 0 Å². The molecule has 0 heterocycles. The normalized spacial score (nSPS) is 16.4. The highest BCUT2D eigenvalue weighted by Crippen LogP contribution is 2.46. The maximum atomic E-state index is 3.34. The second kappa shape index (κ2) is 5.10. The third-order valence-electron chi connectivity index (χ3n) is 4.50. The minimum atomic E-state index is 0.506. The van der Waals surface area contributed by atoms with Gasteiger partial charge in [0.25, 0.3) is 0 Å². The van der Waals surface area contributed by atoms with E-state index in [1.807, 2.05) is 0 Å². The minimum absolute atomic E-state index is 0.506. The third kappa shape index (κ3) is 2.66. The SMILES string of the molecule is CNCC1(CN(C)c2ccc3cc(C)ccc3c2)CC1. The highest BCUT2D eigenvalue weighted by atomic mass is 15.1. The molecule has 20 heavy (non-hydrogen) atoms. The van der Waals surface area contributed by atoms with Gasteiger partial charge in [-0.2, -0.15) is 0 Å². The molecule has 0 amide bonds. The first-order chi connectivity index (χ1) is 9.62. The predicted octanol–water partition coefficient (Wildman–Crippen LogP) is 3.58. The van der Waals surface area contributed by atoms with Crippen LogP contribution in [0, 0.1) is 12.3 Å². The number of hydrogen-bond acceptors (Lipinski definition) is 2. The highest BCUT2D eigenvalue weighted by Gasteiger charge is 2.42. The molecule has 106 valence electrons. The van der Waals surface area contributed by atoms with Crippen molar-refractivity contribution in [2.45, 2.75) is 19.8 Å². The van der Waals surface area contributed by atoms with Gasteiger partial charge in [0.15, 0.2) is 0 Å². The summed E-state index contributed by atoms with van der Waals surface area (Å²) in [7, 11) is 4.27. The van der Waals surface area contributed by atoms with Gasteiger partial charge in [0.05, 0.1) is 0 Å². The summed E-state index contributed by atoms with van der Waals surface area (Å²) in [6.07, 6.45) is 2.70. The van der Waals surface area contributed by atoms with Crippen molar-refractivity contribution in [1.82, 2.24) is 5.32 Å². The zero-order chi connectivity index (χ0) is 14.2. The van der Waals surface area contributed by atoms with Crippen LogP contribution < -0.4 is 10.2 Å². The van der Waals surface area contributed by atoms with Gasteiger partial charge in [0, 0.05) is 31.2 Å². The average Bonchev–Trinajstić information content (AvgIpc) is 3.18. The first-order valence-electron chi connectivity index (χ1n) is 7.48. The molecule has 0 atom stereocenters. The van der Waals surface area contributed by atoms with Crippen molar-refractivity contribution in [1.29, 1.82) is 0 Å².